The number of rotatable bonds is 5. The van der Waals surface area contributed by atoms with Crippen LogP contribution in [0.1, 0.15) is 16.4 Å². The van der Waals surface area contributed by atoms with Gasteiger partial charge in [-0.3, -0.25) is 9.80 Å². The minimum atomic E-state index is -4.48. The SMILES string of the molecule is Nc1nccc(-c2nc(N3CCOCC3)sc2C2C=CC=C(N3CCN(c4ccc(C(F)(F)F)cc4)C3=O)C2F)n1. The second-order valence-corrected chi connectivity index (χ2v) is 10.7. The Kier molecular flexibility index (Phi) is 7.11. The number of thiazole rings is 1. The summed E-state index contributed by atoms with van der Waals surface area (Å²) in [5, 5.41) is 0.706. The Morgan fingerprint density at radius 3 is 2.44 bits per heavy atom. The predicted octanol–water partition coefficient (Wildman–Crippen LogP) is 4.86. The number of halogens is 4. The molecule has 0 radical (unpaired) electrons. The number of morpholine rings is 1. The highest BCUT2D eigenvalue weighted by Gasteiger charge is 2.40. The van der Waals surface area contributed by atoms with E-state index in [-0.39, 0.29) is 24.7 Å². The van der Waals surface area contributed by atoms with Crippen LogP contribution in [-0.2, 0) is 10.9 Å². The van der Waals surface area contributed by atoms with E-state index in [9.17, 15) is 18.0 Å². The highest BCUT2D eigenvalue weighted by molar-refractivity contribution is 7.16. The van der Waals surface area contributed by atoms with Crippen LogP contribution in [0, 0.1) is 0 Å². The maximum Gasteiger partial charge on any atom is 0.416 e. The molecule has 1 aliphatic carbocycles. The van der Waals surface area contributed by atoms with Gasteiger partial charge in [0.15, 0.2) is 11.3 Å². The molecule has 0 bridgehead atoms. The molecular formula is C27H25F4N7O2S. The van der Waals surface area contributed by atoms with Crippen LogP contribution in [0.3, 0.4) is 0 Å². The maximum absolute atomic E-state index is 16.4. The Bertz CT molecular complexity index is 1500. The number of urea groups is 1. The molecule has 2 atom stereocenters. The number of nitrogen functional groups attached to an aromatic ring is 1. The van der Waals surface area contributed by atoms with E-state index in [0.717, 1.165) is 12.1 Å². The second-order valence-electron chi connectivity index (χ2n) is 9.64. The third kappa shape index (κ3) is 5.24. The van der Waals surface area contributed by atoms with Gasteiger partial charge >= 0.3 is 12.2 Å². The number of ether oxygens (including phenoxy) is 1. The molecule has 2 amide bonds. The van der Waals surface area contributed by atoms with Crippen molar-refractivity contribution in [2.75, 3.05) is 54.9 Å². The third-order valence-electron chi connectivity index (χ3n) is 7.15. The van der Waals surface area contributed by atoms with E-state index in [4.69, 9.17) is 15.5 Å². The monoisotopic (exact) mass is 587 g/mol. The molecule has 41 heavy (non-hydrogen) atoms. The highest BCUT2D eigenvalue weighted by atomic mass is 32.1. The number of carbonyl (C=O) groups excluding carboxylic acids is 1. The summed E-state index contributed by atoms with van der Waals surface area (Å²) < 4.78 is 60.8. The van der Waals surface area contributed by atoms with Gasteiger partial charge in [-0.1, -0.05) is 12.2 Å². The molecule has 2 aliphatic heterocycles. The standard InChI is InChI=1S/C27H25F4N7O2S/c28-21-18(23-22(19-8-9-33-24(32)34-19)35-25(41-23)36-12-14-40-15-13-36)2-1-3-20(21)38-11-10-37(26(38)39)17-6-4-16(5-7-17)27(29,30)31/h1-9,18,21H,10-15H2,(H2,32,33,34). The molecule has 2 unspecified atom stereocenters. The Morgan fingerprint density at radius 2 is 1.73 bits per heavy atom. The fourth-order valence-electron chi connectivity index (χ4n) is 5.08. The van der Waals surface area contributed by atoms with Crippen molar-refractivity contribution in [3.63, 3.8) is 0 Å². The first kappa shape index (κ1) is 27.1. The molecule has 6 rings (SSSR count). The van der Waals surface area contributed by atoms with Crippen LogP contribution in [0.15, 0.2) is 60.5 Å². The minimum Gasteiger partial charge on any atom is -0.378 e. The van der Waals surface area contributed by atoms with Crippen molar-refractivity contribution >= 4 is 34.1 Å². The number of benzene rings is 1. The van der Waals surface area contributed by atoms with Crippen molar-refractivity contribution in [2.45, 2.75) is 18.3 Å². The van der Waals surface area contributed by atoms with Crippen LogP contribution in [0.25, 0.3) is 11.4 Å². The van der Waals surface area contributed by atoms with Gasteiger partial charge in [0.05, 0.1) is 36.1 Å². The number of aromatic nitrogens is 3. The Labute approximate surface area is 236 Å². The fourth-order valence-corrected chi connectivity index (χ4v) is 6.30. The van der Waals surface area contributed by atoms with E-state index in [1.54, 1.807) is 24.3 Å². The maximum atomic E-state index is 16.4. The molecule has 0 saturated carbocycles. The van der Waals surface area contributed by atoms with E-state index in [2.05, 4.69) is 14.9 Å². The smallest absolute Gasteiger partial charge is 0.378 e. The number of nitrogens with two attached hydrogens (primary N) is 1. The number of allylic oxidation sites excluding steroid dienone is 4. The van der Waals surface area contributed by atoms with Crippen LogP contribution < -0.4 is 15.5 Å². The van der Waals surface area contributed by atoms with Gasteiger partial charge in [-0.05, 0) is 36.4 Å². The molecule has 2 aromatic heterocycles. The summed E-state index contributed by atoms with van der Waals surface area (Å²) in [6, 6.07) is 5.52. The number of amides is 2. The summed E-state index contributed by atoms with van der Waals surface area (Å²) in [5.41, 5.74) is 6.47. The van der Waals surface area contributed by atoms with Gasteiger partial charge in [0.25, 0.3) is 0 Å². The van der Waals surface area contributed by atoms with Crippen molar-refractivity contribution in [1.29, 1.82) is 0 Å². The fraction of sp³-hybridized carbons (Fsp3) is 0.333. The van der Waals surface area contributed by atoms with Gasteiger partial charge in [0.1, 0.15) is 5.69 Å². The molecule has 4 heterocycles. The quantitative estimate of drug-likeness (QED) is 0.426. The Hall–Kier alpha value is -4.04. The summed E-state index contributed by atoms with van der Waals surface area (Å²) in [6.45, 7) is 2.79. The molecule has 2 saturated heterocycles. The van der Waals surface area contributed by atoms with Gasteiger partial charge < -0.3 is 15.4 Å². The average molecular weight is 588 g/mol. The molecule has 3 aromatic rings. The zero-order valence-corrected chi connectivity index (χ0v) is 22.4. The van der Waals surface area contributed by atoms with E-state index in [1.165, 1.54) is 39.5 Å². The molecule has 2 fully saturated rings. The molecule has 1 aromatic carbocycles. The zero-order chi connectivity index (χ0) is 28.7. The topological polar surface area (TPSA) is 101 Å². The third-order valence-corrected chi connectivity index (χ3v) is 8.37. The molecule has 214 valence electrons. The largest absolute Gasteiger partial charge is 0.416 e. The first-order valence-corrected chi connectivity index (χ1v) is 13.7. The lowest BCUT2D eigenvalue weighted by molar-refractivity contribution is -0.137. The van der Waals surface area contributed by atoms with E-state index >= 15 is 4.39 Å². The second kappa shape index (κ2) is 10.7. The number of anilines is 3. The van der Waals surface area contributed by atoms with Crippen molar-refractivity contribution in [3.05, 3.63) is 70.9 Å². The lowest BCUT2D eigenvalue weighted by Crippen LogP contribution is -2.36. The highest BCUT2D eigenvalue weighted by Crippen LogP contribution is 2.44. The van der Waals surface area contributed by atoms with E-state index in [1.807, 2.05) is 0 Å². The average Bonchev–Trinajstić information content (AvgIpc) is 3.58. The molecule has 0 spiro atoms. The van der Waals surface area contributed by atoms with Crippen molar-refractivity contribution in [3.8, 4) is 11.4 Å². The van der Waals surface area contributed by atoms with E-state index in [0.29, 0.717) is 53.4 Å². The predicted molar refractivity (Wildman–Crippen MR) is 146 cm³/mol. The molecule has 2 N–H and O–H groups in total. The summed E-state index contributed by atoms with van der Waals surface area (Å²) in [5.74, 6) is -0.696. The van der Waals surface area contributed by atoms with Crippen LogP contribution in [-0.4, -0.2) is 71.4 Å². The van der Waals surface area contributed by atoms with Gasteiger partial charge in [-0.25, -0.2) is 24.1 Å². The van der Waals surface area contributed by atoms with Crippen LogP contribution in [0.4, 0.5) is 39.1 Å². The van der Waals surface area contributed by atoms with Crippen molar-refractivity contribution < 1.29 is 27.1 Å². The Morgan fingerprint density at radius 1 is 1.00 bits per heavy atom. The number of alkyl halides is 4. The summed E-state index contributed by atoms with van der Waals surface area (Å²) in [4.78, 5) is 31.8. The molecule has 3 aliphatic rings. The normalized spacial score (nSPS) is 21.5. The van der Waals surface area contributed by atoms with Gasteiger partial charge in [-0.15, -0.1) is 11.3 Å². The van der Waals surface area contributed by atoms with Crippen molar-refractivity contribution in [1.82, 2.24) is 19.9 Å². The lowest BCUT2D eigenvalue weighted by atomic mass is 9.92. The van der Waals surface area contributed by atoms with Crippen LogP contribution in [0.2, 0.25) is 0 Å². The van der Waals surface area contributed by atoms with Gasteiger partial charge in [-0.2, -0.15) is 13.2 Å². The Balaban J connectivity index is 1.28. The number of hydrogen-bond donors (Lipinski definition) is 1. The molecule has 9 nitrogen and oxygen atoms in total. The van der Waals surface area contributed by atoms with Gasteiger partial charge in [0, 0.05) is 42.9 Å². The number of carbonyl (C=O) groups is 1. The van der Waals surface area contributed by atoms with E-state index < -0.39 is 29.9 Å². The number of nitrogens with zero attached hydrogens (tertiary/aromatic N) is 6. The molecule has 14 heteroatoms. The minimum absolute atomic E-state index is 0.0666. The summed E-state index contributed by atoms with van der Waals surface area (Å²) >= 11 is 1.36. The van der Waals surface area contributed by atoms with Crippen LogP contribution >= 0.6 is 11.3 Å². The zero-order valence-electron chi connectivity index (χ0n) is 21.6. The summed E-state index contributed by atoms with van der Waals surface area (Å²) in [7, 11) is 0. The van der Waals surface area contributed by atoms with Crippen molar-refractivity contribution in [2.24, 2.45) is 0 Å². The lowest BCUT2D eigenvalue weighted by Gasteiger charge is -2.29. The first-order chi connectivity index (χ1) is 19.7. The first-order valence-electron chi connectivity index (χ1n) is 12.9. The van der Waals surface area contributed by atoms with Crippen LogP contribution in [0.5, 0.6) is 0 Å². The molecular weight excluding hydrogens is 562 g/mol. The summed E-state index contributed by atoms with van der Waals surface area (Å²) in [6.07, 6.45) is 0.435. The number of hydrogen-bond acceptors (Lipinski definition) is 8. The van der Waals surface area contributed by atoms with Gasteiger partial charge in [0.2, 0.25) is 5.95 Å².